The molecule has 1 saturated carbocycles. The molecular weight excluding hydrogens is 328 g/mol. The highest BCUT2D eigenvalue weighted by Gasteiger charge is 2.24. The molecule has 8 heteroatoms. The van der Waals surface area contributed by atoms with E-state index in [1.54, 1.807) is 0 Å². The van der Waals surface area contributed by atoms with E-state index in [4.69, 9.17) is 0 Å². The molecule has 0 unspecified atom stereocenters. The number of nitrogens with one attached hydrogen (secondary N) is 1. The van der Waals surface area contributed by atoms with E-state index in [1.807, 2.05) is 6.92 Å². The Balaban J connectivity index is 1.88. The molecule has 0 radical (unpaired) electrons. The third-order valence-corrected chi connectivity index (χ3v) is 5.74. The summed E-state index contributed by atoms with van der Waals surface area (Å²) in [4.78, 5) is 41.5. The fourth-order valence-electron chi connectivity index (χ4n) is 3.05. The second kappa shape index (κ2) is 6.35. The molecule has 128 valence electrons. The van der Waals surface area contributed by atoms with Crippen molar-refractivity contribution in [3.8, 4) is 0 Å². The normalized spacial score (nSPS) is 15.0. The number of hydrogen-bond acceptors (Lipinski definition) is 5. The van der Waals surface area contributed by atoms with Crippen LogP contribution in [0.1, 0.15) is 52.0 Å². The second-order valence-corrected chi connectivity index (χ2v) is 7.23. The molecule has 0 atom stereocenters. The Labute approximate surface area is 143 Å². The van der Waals surface area contributed by atoms with Crippen LogP contribution in [0.4, 0.5) is 5.69 Å². The van der Waals surface area contributed by atoms with Crippen molar-refractivity contribution in [3.63, 3.8) is 0 Å². The van der Waals surface area contributed by atoms with E-state index in [-0.39, 0.29) is 11.6 Å². The van der Waals surface area contributed by atoms with Crippen molar-refractivity contribution < 1.29 is 4.79 Å². The summed E-state index contributed by atoms with van der Waals surface area (Å²) >= 11 is 1.40. The molecule has 2 aromatic rings. The highest BCUT2D eigenvalue weighted by Crippen LogP contribution is 2.37. The Morgan fingerprint density at radius 3 is 2.62 bits per heavy atom. The van der Waals surface area contributed by atoms with Crippen LogP contribution in [0.15, 0.2) is 15.8 Å². The summed E-state index contributed by atoms with van der Waals surface area (Å²) in [7, 11) is 2.92. The summed E-state index contributed by atoms with van der Waals surface area (Å²) in [6.07, 6.45) is 6.00. The van der Waals surface area contributed by atoms with Gasteiger partial charge in [-0.3, -0.25) is 14.2 Å². The lowest BCUT2D eigenvalue weighted by molar-refractivity contribution is 0.102. The molecule has 0 saturated heterocycles. The summed E-state index contributed by atoms with van der Waals surface area (Å²) < 4.78 is 2.24. The fourth-order valence-corrected chi connectivity index (χ4v) is 4.18. The van der Waals surface area contributed by atoms with E-state index in [0.717, 1.165) is 22.4 Å². The number of anilines is 1. The summed E-state index contributed by atoms with van der Waals surface area (Å²) in [6.45, 7) is 1.81. The Hall–Kier alpha value is -2.22. The van der Waals surface area contributed by atoms with Gasteiger partial charge in [-0.25, -0.2) is 9.78 Å². The zero-order valence-electron chi connectivity index (χ0n) is 14.0. The highest BCUT2D eigenvalue weighted by atomic mass is 32.1. The van der Waals surface area contributed by atoms with Crippen LogP contribution in [0, 0.1) is 6.92 Å². The van der Waals surface area contributed by atoms with Gasteiger partial charge in [0.05, 0.1) is 10.7 Å². The van der Waals surface area contributed by atoms with Crippen LogP contribution in [-0.4, -0.2) is 20.0 Å². The smallest absolute Gasteiger partial charge is 0.315 e. The predicted molar refractivity (Wildman–Crippen MR) is 92.9 cm³/mol. The molecule has 1 aliphatic rings. The van der Waals surface area contributed by atoms with Gasteiger partial charge in [-0.15, -0.1) is 11.3 Å². The molecule has 0 aliphatic heterocycles. The lowest BCUT2D eigenvalue weighted by Gasteiger charge is -2.07. The Morgan fingerprint density at radius 1 is 1.29 bits per heavy atom. The van der Waals surface area contributed by atoms with Gasteiger partial charge in [0, 0.05) is 26.2 Å². The van der Waals surface area contributed by atoms with Crippen LogP contribution >= 0.6 is 11.3 Å². The molecule has 1 N–H and O–H groups in total. The van der Waals surface area contributed by atoms with Gasteiger partial charge in [0.1, 0.15) is 10.6 Å². The fraction of sp³-hybridized carbons (Fsp3) is 0.500. The van der Waals surface area contributed by atoms with Crippen molar-refractivity contribution >= 4 is 22.9 Å². The molecule has 0 aromatic carbocycles. The molecular formula is C16H20N4O3S. The SMILES string of the molecule is Cc1nc(C2CCCC2)sc1C(=O)Nc1cn(C)c(=O)n(C)c1=O. The minimum atomic E-state index is -0.523. The molecule has 0 bridgehead atoms. The second-order valence-electron chi connectivity index (χ2n) is 6.20. The zero-order chi connectivity index (χ0) is 17.4. The molecule has 7 nitrogen and oxygen atoms in total. The summed E-state index contributed by atoms with van der Waals surface area (Å²) in [5.74, 6) is 0.0886. The predicted octanol–water partition coefficient (Wildman–Crippen LogP) is 1.76. The third kappa shape index (κ3) is 2.93. The number of carbonyl (C=O) groups is 1. The molecule has 2 aromatic heterocycles. The lowest BCUT2D eigenvalue weighted by atomic mass is 10.1. The average Bonchev–Trinajstić information content (AvgIpc) is 3.19. The van der Waals surface area contributed by atoms with Gasteiger partial charge < -0.3 is 9.88 Å². The number of carbonyl (C=O) groups excluding carboxylic acids is 1. The van der Waals surface area contributed by atoms with Crippen LogP contribution in [0.2, 0.25) is 0 Å². The van der Waals surface area contributed by atoms with Crippen molar-refractivity contribution in [1.29, 1.82) is 0 Å². The van der Waals surface area contributed by atoms with E-state index in [0.29, 0.717) is 16.5 Å². The van der Waals surface area contributed by atoms with Gasteiger partial charge in [-0.2, -0.15) is 0 Å². The Morgan fingerprint density at radius 2 is 1.96 bits per heavy atom. The van der Waals surface area contributed by atoms with E-state index in [9.17, 15) is 14.4 Å². The number of aryl methyl sites for hydroxylation is 2. The molecule has 1 fully saturated rings. The van der Waals surface area contributed by atoms with E-state index >= 15 is 0 Å². The van der Waals surface area contributed by atoms with Gasteiger partial charge in [-0.1, -0.05) is 12.8 Å². The first-order valence-electron chi connectivity index (χ1n) is 7.94. The number of rotatable bonds is 3. The first-order valence-corrected chi connectivity index (χ1v) is 8.75. The van der Waals surface area contributed by atoms with Gasteiger partial charge in [-0.05, 0) is 19.8 Å². The average molecular weight is 348 g/mol. The minimum absolute atomic E-state index is 0.0832. The minimum Gasteiger partial charge on any atom is -0.315 e. The number of thiazole rings is 1. The molecule has 0 spiro atoms. The molecule has 1 amide bonds. The lowest BCUT2D eigenvalue weighted by Crippen LogP contribution is -2.38. The monoisotopic (exact) mass is 348 g/mol. The van der Waals surface area contributed by atoms with Crippen LogP contribution in [0.5, 0.6) is 0 Å². The van der Waals surface area contributed by atoms with Crippen molar-refractivity contribution in [2.45, 2.75) is 38.5 Å². The summed E-state index contributed by atoms with van der Waals surface area (Å²) in [6, 6.07) is 0. The van der Waals surface area contributed by atoms with Crippen LogP contribution in [0.3, 0.4) is 0 Å². The van der Waals surface area contributed by atoms with Gasteiger partial charge in [0.25, 0.3) is 11.5 Å². The Bertz CT molecular complexity index is 903. The number of amides is 1. The number of hydrogen-bond donors (Lipinski definition) is 1. The first-order chi connectivity index (χ1) is 11.4. The van der Waals surface area contributed by atoms with E-state index in [1.165, 1.54) is 49.0 Å². The number of nitrogens with zero attached hydrogens (tertiary/aromatic N) is 3. The van der Waals surface area contributed by atoms with E-state index < -0.39 is 11.2 Å². The number of aromatic nitrogens is 3. The largest absolute Gasteiger partial charge is 0.330 e. The van der Waals surface area contributed by atoms with Crippen molar-refractivity contribution in [3.05, 3.63) is 42.6 Å². The highest BCUT2D eigenvalue weighted by molar-refractivity contribution is 7.14. The van der Waals surface area contributed by atoms with Gasteiger partial charge >= 0.3 is 5.69 Å². The van der Waals surface area contributed by atoms with E-state index in [2.05, 4.69) is 10.3 Å². The molecule has 24 heavy (non-hydrogen) atoms. The quantitative estimate of drug-likeness (QED) is 0.916. The topological polar surface area (TPSA) is 86.0 Å². The van der Waals surface area contributed by atoms with Crippen LogP contribution in [0.25, 0.3) is 0 Å². The zero-order valence-corrected chi connectivity index (χ0v) is 14.8. The van der Waals surface area contributed by atoms with Crippen LogP contribution < -0.4 is 16.6 Å². The summed E-state index contributed by atoms with van der Waals surface area (Å²) in [5.41, 5.74) is -0.194. The van der Waals surface area contributed by atoms with Crippen molar-refractivity contribution in [2.75, 3.05) is 5.32 Å². The standard InChI is InChI=1S/C16H20N4O3S/c1-9-12(24-14(17-9)10-6-4-5-7-10)13(21)18-11-8-19(2)16(23)20(3)15(11)22/h8,10H,4-7H2,1-3H3,(H,18,21). The van der Waals surface area contributed by atoms with Crippen molar-refractivity contribution in [2.24, 2.45) is 14.1 Å². The molecule has 2 heterocycles. The van der Waals surface area contributed by atoms with Gasteiger partial charge in [0.15, 0.2) is 0 Å². The maximum absolute atomic E-state index is 12.5. The molecule has 1 aliphatic carbocycles. The Kier molecular flexibility index (Phi) is 4.40. The molecule has 3 rings (SSSR count). The van der Waals surface area contributed by atoms with Crippen molar-refractivity contribution in [1.82, 2.24) is 14.1 Å². The van der Waals surface area contributed by atoms with Gasteiger partial charge in [0.2, 0.25) is 0 Å². The maximum Gasteiger partial charge on any atom is 0.330 e. The third-order valence-electron chi connectivity index (χ3n) is 4.42. The summed E-state index contributed by atoms with van der Waals surface area (Å²) in [5, 5.41) is 3.62. The van der Waals surface area contributed by atoms with Crippen LogP contribution in [-0.2, 0) is 14.1 Å². The first kappa shape index (κ1) is 16.6. The maximum atomic E-state index is 12.5.